The van der Waals surface area contributed by atoms with Gasteiger partial charge in [-0.1, -0.05) is 11.6 Å². The molecule has 166 valence electrons. The Kier molecular flexibility index (Phi) is 7.06. The molecule has 2 aromatic carbocycles. The van der Waals surface area contributed by atoms with Gasteiger partial charge in [-0.05, 0) is 64.1 Å². The van der Waals surface area contributed by atoms with Gasteiger partial charge in [0.2, 0.25) is 0 Å². The molecule has 0 spiro atoms. The number of carboxylic acid groups (broad SMARTS) is 1. The number of hydrogen-bond donors (Lipinski definition) is 3. The summed E-state index contributed by atoms with van der Waals surface area (Å²) in [6.07, 6.45) is 0. The monoisotopic (exact) mass is 448 g/mol. The van der Waals surface area contributed by atoms with Crippen molar-refractivity contribution in [3.05, 3.63) is 53.6 Å². The molecule has 10 heteroatoms. The normalized spacial score (nSPS) is 11.5. The first-order valence-electron chi connectivity index (χ1n) is 9.25. The summed E-state index contributed by atoms with van der Waals surface area (Å²) >= 11 is 0. The third-order valence-corrected chi connectivity index (χ3v) is 5.40. The average Bonchev–Trinajstić information content (AvgIpc) is 2.67. The Morgan fingerprint density at radius 2 is 1.65 bits per heavy atom. The molecular weight excluding hydrogens is 424 g/mol. The van der Waals surface area contributed by atoms with Crippen molar-refractivity contribution in [2.24, 2.45) is 5.41 Å². The molecule has 0 bridgehead atoms. The highest BCUT2D eigenvalue weighted by atomic mass is 32.2. The van der Waals surface area contributed by atoms with Crippen LogP contribution >= 0.6 is 0 Å². The minimum atomic E-state index is -4.07. The molecule has 0 aliphatic rings. The van der Waals surface area contributed by atoms with E-state index in [1.54, 1.807) is 33.8 Å². The Bertz CT molecular complexity index is 1100. The summed E-state index contributed by atoms with van der Waals surface area (Å²) in [6, 6.07) is 9.73. The fourth-order valence-electron chi connectivity index (χ4n) is 2.34. The van der Waals surface area contributed by atoms with E-state index in [0.29, 0.717) is 5.56 Å². The number of benzene rings is 2. The molecule has 0 aliphatic heterocycles. The summed E-state index contributed by atoms with van der Waals surface area (Å²) in [6.45, 7) is 6.20. The molecule has 0 unspecified atom stereocenters. The number of carbonyl (C=O) groups excluding carboxylic acids is 2. The lowest BCUT2D eigenvalue weighted by atomic mass is 9.97. The first kappa shape index (κ1) is 23.9. The maximum Gasteiger partial charge on any atom is 0.322 e. The number of hydrogen-bond acceptors (Lipinski definition) is 6. The number of rotatable bonds is 7. The van der Waals surface area contributed by atoms with Gasteiger partial charge >= 0.3 is 11.9 Å². The molecule has 2 rings (SSSR count). The number of anilines is 1. The van der Waals surface area contributed by atoms with Gasteiger partial charge in [-0.25, -0.2) is 8.42 Å². The quantitative estimate of drug-likeness (QED) is 0.437. The van der Waals surface area contributed by atoms with Gasteiger partial charge in [-0.2, -0.15) is 0 Å². The first-order chi connectivity index (χ1) is 14.3. The summed E-state index contributed by atoms with van der Waals surface area (Å²) in [5.74, 6) is -2.22. The fraction of sp³-hybridized carbons (Fsp3) is 0.286. The van der Waals surface area contributed by atoms with E-state index in [-0.39, 0.29) is 21.9 Å². The van der Waals surface area contributed by atoms with E-state index in [1.165, 1.54) is 36.4 Å². The van der Waals surface area contributed by atoms with Gasteiger partial charge in [-0.3, -0.25) is 19.1 Å². The summed E-state index contributed by atoms with van der Waals surface area (Å²) in [7, 11) is -4.07. The molecule has 2 aromatic rings. The third kappa shape index (κ3) is 6.54. The van der Waals surface area contributed by atoms with Crippen molar-refractivity contribution < 1.29 is 32.6 Å². The molecule has 9 nitrogen and oxygen atoms in total. The predicted octanol–water partition coefficient (Wildman–Crippen LogP) is 2.56. The minimum absolute atomic E-state index is 0.00303. The highest BCUT2D eigenvalue weighted by Crippen LogP contribution is 2.24. The van der Waals surface area contributed by atoms with E-state index in [0.717, 1.165) is 0 Å². The van der Waals surface area contributed by atoms with Crippen LogP contribution in [0.5, 0.6) is 5.75 Å². The van der Waals surface area contributed by atoms with Crippen LogP contribution in [0.25, 0.3) is 0 Å². The molecule has 0 heterocycles. The van der Waals surface area contributed by atoms with Crippen LogP contribution in [0.4, 0.5) is 5.69 Å². The van der Waals surface area contributed by atoms with Crippen molar-refractivity contribution >= 4 is 33.6 Å². The number of amides is 1. The Morgan fingerprint density at radius 3 is 2.19 bits per heavy atom. The van der Waals surface area contributed by atoms with Crippen molar-refractivity contribution in [1.29, 1.82) is 0 Å². The zero-order valence-electron chi connectivity index (χ0n) is 17.6. The molecule has 0 saturated carbocycles. The van der Waals surface area contributed by atoms with Crippen LogP contribution in [0.1, 0.15) is 36.7 Å². The average molecular weight is 448 g/mol. The summed E-state index contributed by atoms with van der Waals surface area (Å²) in [4.78, 5) is 34.9. The Balaban J connectivity index is 2.25. The second kappa shape index (κ2) is 9.17. The van der Waals surface area contributed by atoms with Crippen molar-refractivity contribution in [3.8, 4) is 5.75 Å². The number of carboxylic acids is 1. The van der Waals surface area contributed by atoms with E-state index in [1.807, 2.05) is 0 Å². The predicted molar refractivity (Wildman–Crippen MR) is 113 cm³/mol. The minimum Gasteiger partial charge on any atom is -0.480 e. The lowest BCUT2D eigenvalue weighted by Crippen LogP contribution is -2.30. The highest BCUT2D eigenvalue weighted by Gasteiger charge is 2.24. The Hall–Kier alpha value is -3.40. The smallest absolute Gasteiger partial charge is 0.322 e. The largest absolute Gasteiger partial charge is 0.480 e. The lowest BCUT2D eigenvalue weighted by molar-refractivity contribution is -0.143. The third-order valence-electron chi connectivity index (χ3n) is 4.02. The van der Waals surface area contributed by atoms with E-state index in [2.05, 4.69) is 10.0 Å². The number of nitrogens with one attached hydrogen (secondary N) is 2. The molecule has 1 amide bonds. The van der Waals surface area contributed by atoms with Crippen LogP contribution in [-0.4, -0.2) is 37.9 Å². The summed E-state index contributed by atoms with van der Waals surface area (Å²) in [5.41, 5.74) is -0.0410. The van der Waals surface area contributed by atoms with E-state index < -0.39 is 39.8 Å². The van der Waals surface area contributed by atoms with Crippen molar-refractivity contribution in [2.45, 2.75) is 32.6 Å². The SMILES string of the molecule is Cc1ccc(NS(=O)(=O)c2ccc(OC(=O)C(C)(C)C)cc2)c(C(=O)NCC(=O)O)c1. The van der Waals surface area contributed by atoms with Gasteiger partial charge in [0.15, 0.2) is 0 Å². The van der Waals surface area contributed by atoms with Gasteiger partial charge in [0.1, 0.15) is 12.3 Å². The van der Waals surface area contributed by atoms with E-state index in [9.17, 15) is 22.8 Å². The van der Waals surface area contributed by atoms with Gasteiger partial charge in [0, 0.05) is 0 Å². The number of aliphatic carboxylic acids is 1. The highest BCUT2D eigenvalue weighted by molar-refractivity contribution is 7.92. The van der Waals surface area contributed by atoms with E-state index >= 15 is 0 Å². The Labute approximate surface area is 180 Å². The fourth-order valence-corrected chi connectivity index (χ4v) is 3.42. The van der Waals surface area contributed by atoms with Crippen molar-refractivity contribution in [3.63, 3.8) is 0 Å². The molecule has 0 aromatic heterocycles. The Morgan fingerprint density at radius 1 is 1.03 bits per heavy atom. The van der Waals surface area contributed by atoms with Gasteiger partial charge in [0.05, 0.1) is 21.6 Å². The summed E-state index contributed by atoms with van der Waals surface area (Å²) < 4.78 is 33.1. The summed E-state index contributed by atoms with van der Waals surface area (Å²) in [5, 5.41) is 10.9. The molecule has 0 fully saturated rings. The standard InChI is InChI=1S/C21H24N2O7S/c1-13-5-10-17(16(11-13)19(26)22-12-18(24)25)23-31(28,29)15-8-6-14(7-9-15)30-20(27)21(2,3)4/h5-11,23H,12H2,1-4H3,(H,22,26)(H,24,25). The van der Waals surface area contributed by atoms with Crippen LogP contribution < -0.4 is 14.8 Å². The van der Waals surface area contributed by atoms with Crippen LogP contribution in [0.2, 0.25) is 0 Å². The van der Waals surface area contributed by atoms with Gasteiger partial charge in [0.25, 0.3) is 15.9 Å². The molecular formula is C21H24N2O7S. The molecule has 31 heavy (non-hydrogen) atoms. The first-order valence-corrected chi connectivity index (χ1v) is 10.7. The van der Waals surface area contributed by atoms with Crippen LogP contribution in [0, 0.1) is 12.3 Å². The molecule has 0 saturated heterocycles. The van der Waals surface area contributed by atoms with Crippen molar-refractivity contribution in [2.75, 3.05) is 11.3 Å². The second-order valence-electron chi connectivity index (χ2n) is 7.84. The maximum absolute atomic E-state index is 12.8. The van der Waals surface area contributed by atoms with Gasteiger partial charge < -0.3 is 15.2 Å². The van der Waals surface area contributed by atoms with Crippen LogP contribution in [0.15, 0.2) is 47.4 Å². The van der Waals surface area contributed by atoms with Crippen molar-refractivity contribution in [1.82, 2.24) is 5.32 Å². The van der Waals surface area contributed by atoms with Crippen LogP contribution in [-0.2, 0) is 19.6 Å². The second-order valence-corrected chi connectivity index (χ2v) is 9.52. The number of ether oxygens (including phenoxy) is 1. The topological polar surface area (TPSA) is 139 Å². The van der Waals surface area contributed by atoms with Gasteiger partial charge in [-0.15, -0.1) is 0 Å². The zero-order valence-corrected chi connectivity index (χ0v) is 18.4. The zero-order chi connectivity index (χ0) is 23.4. The molecule has 3 N–H and O–H groups in total. The molecule has 0 atom stereocenters. The van der Waals surface area contributed by atoms with E-state index in [4.69, 9.17) is 9.84 Å². The number of sulfonamides is 1. The molecule has 0 radical (unpaired) electrons. The number of esters is 1. The maximum atomic E-state index is 12.8. The number of carbonyl (C=O) groups is 3. The lowest BCUT2D eigenvalue weighted by Gasteiger charge is -2.16. The van der Waals surface area contributed by atoms with Crippen LogP contribution in [0.3, 0.4) is 0 Å². The molecule has 0 aliphatic carbocycles. The number of aryl methyl sites for hydroxylation is 1.